The first-order chi connectivity index (χ1) is 9.22. The van der Waals surface area contributed by atoms with Crippen LogP contribution in [0.15, 0.2) is 29.0 Å². The van der Waals surface area contributed by atoms with Crippen LogP contribution in [0.3, 0.4) is 0 Å². The van der Waals surface area contributed by atoms with Crippen LogP contribution in [-0.2, 0) is 11.3 Å². The Labute approximate surface area is 110 Å². The number of aromatic nitrogens is 3. The average Bonchev–Trinajstić information content (AvgIpc) is 2.98. The molecule has 0 saturated carbocycles. The maximum absolute atomic E-state index is 12.0. The number of likely N-dealkylation sites (tertiary alicyclic amines) is 1. The van der Waals surface area contributed by atoms with Crippen molar-refractivity contribution in [2.75, 3.05) is 6.54 Å². The molecular weight excluding hydrogens is 244 g/mol. The monoisotopic (exact) mass is 258 g/mol. The maximum atomic E-state index is 12.0. The number of carbonyl (C=O) groups is 1. The minimum absolute atomic E-state index is 0.00497. The largest absolute Gasteiger partial charge is 0.339 e. The molecule has 1 aliphatic rings. The van der Waals surface area contributed by atoms with Gasteiger partial charge in [0.25, 0.3) is 0 Å². The topological polar surface area (TPSA) is 72.1 Å². The van der Waals surface area contributed by atoms with E-state index in [9.17, 15) is 4.79 Å². The van der Waals surface area contributed by atoms with Gasteiger partial charge in [-0.05, 0) is 18.6 Å². The van der Waals surface area contributed by atoms with Gasteiger partial charge in [-0.15, -0.1) is 0 Å². The Kier molecular flexibility index (Phi) is 2.98. The van der Waals surface area contributed by atoms with Crippen LogP contribution in [0, 0.1) is 6.92 Å². The number of rotatable bonds is 3. The molecule has 2 aromatic rings. The van der Waals surface area contributed by atoms with Crippen molar-refractivity contribution in [3.8, 4) is 0 Å². The first kappa shape index (κ1) is 11.8. The highest BCUT2D eigenvalue weighted by molar-refractivity contribution is 5.79. The third kappa shape index (κ3) is 2.47. The van der Waals surface area contributed by atoms with E-state index in [1.165, 1.54) is 0 Å². The summed E-state index contributed by atoms with van der Waals surface area (Å²) >= 11 is 0. The molecule has 1 atom stereocenters. The quantitative estimate of drug-likeness (QED) is 0.829. The lowest BCUT2D eigenvalue weighted by Crippen LogP contribution is -2.24. The number of amides is 1. The molecule has 6 heteroatoms. The van der Waals surface area contributed by atoms with Gasteiger partial charge < -0.3 is 9.42 Å². The van der Waals surface area contributed by atoms with Crippen molar-refractivity contribution in [1.29, 1.82) is 0 Å². The molecule has 0 spiro atoms. The van der Waals surface area contributed by atoms with Crippen molar-refractivity contribution in [3.63, 3.8) is 0 Å². The fourth-order valence-electron chi connectivity index (χ4n) is 2.28. The number of aryl methyl sites for hydroxylation is 1. The molecule has 0 N–H and O–H groups in total. The first-order valence-corrected chi connectivity index (χ1v) is 6.19. The van der Waals surface area contributed by atoms with Crippen molar-refractivity contribution in [2.24, 2.45) is 0 Å². The molecule has 0 aromatic carbocycles. The summed E-state index contributed by atoms with van der Waals surface area (Å²) in [6.07, 6.45) is 3.93. The molecule has 6 nitrogen and oxygen atoms in total. The van der Waals surface area contributed by atoms with Gasteiger partial charge >= 0.3 is 0 Å². The second-order valence-corrected chi connectivity index (χ2v) is 4.72. The smallest absolute Gasteiger partial charge is 0.232 e. The summed E-state index contributed by atoms with van der Waals surface area (Å²) in [7, 11) is 0. The van der Waals surface area contributed by atoms with Crippen LogP contribution >= 0.6 is 0 Å². The number of pyridine rings is 1. The number of hydrogen-bond acceptors (Lipinski definition) is 5. The lowest BCUT2D eigenvalue weighted by Gasteiger charge is -2.15. The van der Waals surface area contributed by atoms with E-state index in [1.807, 2.05) is 12.1 Å². The minimum atomic E-state index is 0.00497. The predicted molar refractivity (Wildman–Crippen MR) is 66.0 cm³/mol. The highest BCUT2D eigenvalue weighted by Crippen LogP contribution is 2.27. The molecule has 1 saturated heterocycles. The van der Waals surface area contributed by atoms with Crippen molar-refractivity contribution < 1.29 is 9.32 Å². The van der Waals surface area contributed by atoms with Gasteiger partial charge in [0.1, 0.15) is 0 Å². The van der Waals surface area contributed by atoms with E-state index in [4.69, 9.17) is 4.52 Å². The summed E-state index contributed by atoms with van der Waals surface area (Å²) in [5.41, 5.74) is 1.03. The minimum Gasteiger partial charge on any atom is -0.339 e. The first-order valence-electron chi connectivity index (χ1n) is 6.19. The summed E-state index contributed by atoms with van der Waals surface area (Å²) in [6, 6.07) is 3.83. The molecule has 0 bridgehead atoms. The van der Waals surface area contributed by atoms with Crippen molar-refractivity contribution in [2.45, 2.75) is 25.8 Å². The molecule has 1 aliphatic heterocycles. The number of carbonyl (C=O) groups excluding carboxylic acids is 1. The van der Waals surface area contributed by atoms with E-state index in [-0.39, 0.29) is 11.8 Å². The summed E-state index contributed by atoms with van der Waals surface area (Å²) < 4.78 is 5.14. The molecule has 2 aromatic heterocycles. The van der Waals surface area contributed by atoms with Crippen LogP contribution in [0.25, 0.3) is 0 Å². The second-order valence-electron chi connectivity index (χ2n) is 4.72. The van der Waals surface area contributed by atoms with E-state index >= 15 is 0 Å². The van der Waals surface area contributed by atoms with Crippen LogP contribution in [0.5, 0.6) is 0 Å². The Bertz CT molecular complexity index is 581. The molecule has 1 fully saturated rings. The molecule has 98 valence electrons. The maximum Gasteiger partial charge on any atom is 0.232 e. The molecule has 19 heavy (non-hydrogen) atoms. The molecule has 0 aliphatic carbocycles. The SMILES string of the molecule is Cc1noc([C@@H]2CC(=O)N(Cc3cccnc3)C2)n1. The summed E-state index contributed by atoms with van der Waals surface area (Å²) in [5.74, 6) is 1.28. The third-order valence-corrected chi connectivity index (χ3v) is 3.20. The Morgan fingerprint density at radius 3 is 3.11 bits per heavy atom. The van der Waals surface area contributed by atoms with Gasteiger partial charge in [0.2, 0.25) is 11.8 Å². The lowest BCUT2D eigenvalue weighted by atomic mass is 10.1. The van der Waals surface area contributed by atoms with Crippen LogP contribution < -0.4 is 0 Å². The fraction of sp³-hybridized carbons (Fsp3) is 0.385. The molecule has 0 unspecified atom stereocenters. The highest BCUT2D eigenvalue weighted by Gasteiger charge is 2.33. The van der Waals surface area contributed by atoms with Gasteiger partial charge in [-0.1, -0.05) is 11.2 Å². The summed E-state index contributed by atoms with van der Waals surface area (Å²) in [6.45, 7) is 2.98. The zero-order chi connectivity index (χ0) is 13.2. The van der Waals surface area contributed by atoms with E-state index < -0.39 is 0 Å². The molecule has 1 amide bonds. The van der Waals surface area contributed by atoms with Crippen molar-refractivity contribution in [1.82, 2.24) is 20.0 Å². The third-order valence-electron chi connectivity index (χ3n) is 3.20. The van der Waals surface area contributed by atoms with Crippen LogP contribution in [0.1, 0.15) is 29.6 Å². The highest BCUT2D eigenvalue weighted by atomic mass is 16.5. The molecular formula is C13H14N4O2. The Balaban J connectivity index is 1.70. The van der Waals surface area contributed by atoms with Gasteiger partial charge in [0.15, 0.2) is 5.82 Å². The van der Waals surface area contributed by atoms with Gasteiger partial charge in [-0.2, -0.15) is 4.98 Å². The molecule has 3 heterocycles. The Morgan fingerprint density at radius 2 is 2.42 bits per heavy atom. The average molecular weight is 258 g/mol. The van der Waals surface area contributed by atoms with Crippen LogP contribution in [0.2, 0.25) is 0 Å². The number of nitrogens with zero attached hydrogens (tertiary/aromatic N) is 4. The summed E-state index contributed by atoms with van der Waals surface area (Å²) in [4.78, 5) is 22.0. The Morgan fingerprint density at radius 1 is 1.53 bits per heavy atom. The Hall–Kier alpha value is -2.24. The molecule has 0 radical (unpaired) electrons. The zero-order valence-electron chi connectivity index (χ0n) is 10.6. The number of hydrogen-bond donors (Lipinski definition) is 0. The van der Waals surface area contributed by atoms with Gasteiger partial charge in [-0.25, -0.2) is 0 Å². The van der Waals surface area contributed by atoms with Crippen molar-refractivity contribution >= 4 is 5.91 Å². The van der Waals surface area contributed by atoms with Crippen LogP contribution in [0.4, 0.5) is 0 Å². The zero-order valence-corrected chi connectivity index (χ0v) is 10.6. The lowest BCUT2D eigenvalue weighted by molar-refractivity contribution is -0.128. The van der Waals surface area contributed by atoms with E-state index in [0.717, 1.165) is 5.56 Å². The van der Waals surface area contributed by atoms with Crippen LogP contribution in [-0.4, -0.2) is 32.5 Å². The standard InChI is InChI=1S/C13H14N4O2/c1-9-15-13(19-16-9)11-5-12(18)17(8-11)7-10-3-2-4-14-6-10/h2-4,6,11H,5,7-8H2,1H3/t11-/m1/s1. The van der Waals surface area contributed by atoms with Gasteiger partial charge in [0, 0.05) is 31.9 Å². The van der Waals surface area contributed by atoms with Crippen molar-refractivity contribution in [3.05, 3.63) is 41.8 Å². The summed E-state index contributed by atoms with van der Waals surface area (Å²) in [5, 5.41) is 3.77. The molecule has 3 rings (SSSR count). The normalized spacial score (nSPS) is 19.1. The fourth-order valence-corrected chi connectivity index (χ4v) is 2.28. The van der Waals surface area contributed by atoms with E-state index in [0.29, 0.717) is 31.2 Å². The second kappa shape index (κ2) is 4.79. The van der Waals surface area contributed by atoms with Gasteiger partial charge in [-0.3, -0.25) is 9.78 Å². The van der Waals surface area contributed by atoms with E-state index in [2.05, 4.69) is 15.1 Å². The predicted octanol–water partition coefficient (Wildman–Crippen LogP) is 1.29. The van der Waals surface area contributed by atoms with Gasteiger partial charge in [0.05, 0.1) is 5.92 Å². The van der Waals surface area contributed by atoms with E-state index in [1.54, 1.807) is 24.2 Å².